The minimum absolute atomic E-state index is 0.806. The van der Waals surface area contributed by atoms with Crippen molar-refractivity contribution >= 4 is 33.5 Å². The zero-order valence-corrected chi connectivity index (χ0v) is 18.7. The summed E-state index contributed by atoms with van der Waals surface area (Å²) in [6.07, 6.45) is 1.04. The summed E-state index contributed by atoms with van der Waals surface area (Å²) in [4.78, 5) is 12.4. The molecule has 1 aliphatic heterocycles. The highest BCUT2D eigenvalue weighted by Crippen LogP contribution is 2.35. The van der Waals surface area contributed by atoms with Gasteiger partial charge in [0, 0.05) is 24.0 Å². The Kier molecular flexibility index (Phi) is 5.47. The van der Waals surface area contributed by atoms with Crippen LogP contribution >= 0.6 is 11.8 Å². The Morgan fingerprint density at radius 1 is 0.935 bits per heavy atom. The summed E-state index contributed by atoms with van der Waals surface area (Å²) >= 11 is 1.68. The number of rotatable bonds is 4. The Hall–Kier alpha value is -3.11. The van der Waals surface area contributed by atoms with E-state index in [0.29, 0.717) is 0 Å². The molecule has 0 saturated carbocycles. The maximum Gasteiger partial charge on any atom is 0.171 e. The molecule has 0 unspecified atom stereocenters. The molecule has 4 heteroatoms. The highest BCUT2D eigenvalue weighted by Gasteiger charge is 2.24. The summed E-state index contributed by atoms with van der Waals surface area (Å²) in [6.45, 7) is 5.93. The van der Waals surface area contributed by atoms with Gasteiger partial charge in [-0.2, -0.15) is 0 Å². The van der Waals surface area contributed by atoms with Crippen molar-refractivity contribution in [1.82, 2.24) is 9.88 Å². The molecule has 1 aromatic heterocycles. The van der Waals surface area contributed by atoms with Crippen LogP contribution in [0, 0.1) is 6.92 Å². The second-order valence-electron chi connectivity index (χ2n) is 7.96. The van der Waals surface area contributed by atoms with Crippen LogP contribution < -0.4 is 0 Å². The molecule has 1 aliphatic rings. The van der Waals surface area contributed by atoms with E-state index in [0.717, 1.165) is 40.9 Å². The number of nitrogens with zero attached hydrogens (tertiary/aromatic N) is 3. The van der Waals surface area contributed by atoms with Crippen LogP contribution in [-0.4, -0.2) is 15.1 Å². The molecule has 0 amide bonds. The number of fused-ring (bicyclic) bond motifs is 2. The fraction of sp³-hybridized carbons (Fsp3) is 0.185. The van der Waals surface area contributed by atoms with Crippen molar-refractivity contribution in [3.8, 4) is 0 Å². The molecule has 0 bridgehead atoms. The fourth-order valence-corrected chi connectivity index (χ4v) is 4.91. The number of thioether (sulfide) groups is 1. The van der Waals surface area contributed by atoms with Crippen molar-refractivity contribution in [1.29, 1.82) is 0 Å². The van der Waals surface area contributed by atoms with Gasteiger partial charge in [0.2, 0.25) is 0 Å². The van der Waals surface area contributed by atoms with Crippen LogP contribution in [0.4, 0.5) is 5.69 Å². The van der Waals surface area contributed by atoms with E-state index in [2.05, 4.69) is 97.6 Å². The number of aliphatic imine (C=N–C) groups is 1. The SMILES string of the molecule is CCc1ccc(N=C2Sc3nc4c(C)cccc4cc3CN2Cc2ccccc2)cc1. The molecule has 0 aliphatic carbocycles. The Bertz CT molecular complexity index is 1250. The van der Waals surface area contributed by atoms with E-state index in [9.17, 15) is 0 Å². The number of hydrogen-bond acceptors (Lipinski definition) is 3. The first-order valence-corrected chi connectivity index (χ1v) is 11.5. The lowest BCUT2D eigenvalue weighted by Gasteiger charge is -2.31. The number of amidine groups is 1. The van der Waals surface area contributed by atoms with Gasteiger partial charge in [-0.1, -0.05) is 67.6 Å². The summed E-state index contributed by atoms with van der Waals surface area (Å²) in [5.74, 6) is 0. The summed E-state index contributed by atoms with van der Waals surface area (Å²) < 4.78 is 0. The minimum Gasteiger partial charge on any atom is -0.342 e. The van der Waals surface area contributed by atoms with Crippen LogP contribution in [0.1, 0.15) is 29.2 Å². The van der Waals surface area contributed by atoms with Gasteiger partial charge in [-0.05, 0) is 60.0 Å². The predicted octanol–water partition coefficient (Wildman–Crippen LogP) is 6.90. The van der Waals surface area contributed by atoms with Gasteiger partial charge in [0.1, 0.15) is 5.03 Å². The van der Waals surface area contributed by atoms with Crippen molar-refractivity contribution in [2.75, 3.05) is 0 Å². The molecular weight excluding hydrogens is 398 g/mol. The first-order valence-electron chi connectivity index (χ1n) is 10.7. The van der Waals surface area contributed by atoms with Gasteiger partial charge in [0.05, 0.1) is 11.2 Å². The molecule has 4 aromatic rings. The van der Waals surface area contributed by atoms with Gasteiger partial charge in [0.25, 0.3) is 0 Å². The molecule has 0 radical (unpaired) electrons. The Morgan fingerprint density at radius 2 is 1.74 bits per heavy atom. The number of para-hydroxylation sites is 1. The highest BCUT2D eigenvalue weighted by atomic mass is 32.2. The Labute approximate surface area is 187 Å². The number of hydrogen-bond donors (Lipinski definition) is 0. The van der Waals surface area contributed by atoms with E-state index in [1.807, 2.05) is 0 Å². The fourth-order valence-electron chi connectivity index (χ4n) is 3.94. The summed E-state index contributed by atoms with van der Waals surface area (Å²) in [5, 5.41) is 3.27. The van der Waals surface area contributed by atoms with Crippen molar-refractivity contribution in [2.45, 2.75) is 38.4 Å². The Morgan fingerprint density at radius 3 is 2.52 bits per heavy atom. The molecule has 0 N–H and O–H groups in total. The predicted molar refractivity (Wildman–Crippen MR) is 131 cm³/mol. The van der Waals surface area contributed by atoms with E-state index in [-0.39, 0.29) is 0 Å². The molecule has 5 rings (SSSR count). The Balaban J connectivity index is 1.56. The first-order chi connectivity index (χ1) is 15.2. The lowest BCUT2D eigenvalue weighted by Crippen LogP contribution is -2.31. The maximum absolute atomic E-state index is 5.04. The summed E-state index contributed by atoms with van der Waals surface area (Å²) in [7, 11) is 0. The van der Waals surface area contributed by atoms with Gasteiger partial charge < -0.3 is 4.90 Å². The third-order valence-electron chi connectivity index (χ3n) is 5.69. The second kappa shape index (κ2) is 8.56. The van der Waals surface area contributed by atoms with Crippen LogP contribution in [0.3, 0.4) is 0 Å². The number of pyridine rings is 1. The largest absolute Gasteiger partial charge is 0.342 e. The molecule has 0 atom stereocenters. The molecule has 0 spiro atoms. The number of benzene rings is 3. The van der Waals surface area contributed by atoms with E-state index >= 15 is 0 Å². The van der Waals surface area contributed by atoms with Crippen molar-refractivity contribution in [2.24, 2.45) is 4.99 Å². The summed E-state index contributed by atoms with van der Waals surface area (Å²) in [5.41, 5.74) is 7.15. The topological polar surface area (TPSA) is 28.5 Å². The molecule has 0 saturated heterocycles. The zero-order valence-electron chi connectivity index (χ0n) is 17.9. The van der Waals surface area contributed by atoms with Crippen LogP contribution in [0.15, 0.2) is 88.9 Å². The second-order valence-corrected chi connectivity index (χ2v) is 8.91. The minimum atomic E-state index is 0.806. The van der Waals surface area contributed by atoms with E-state index < -0.39 is 0 Å². The standard InChI is InChI=1S/C27H25N3S/c1-3-20-12-14-24(15-13-20)28-27-30(17-21-9-5-4-6-10-21)18-23-16-22-11-7-8-19(2)25(22)29-26(23)31-27/h4-16H,3,17-18H2,1-2H3. The van der Waals surface area contributed by atoms with E-state index in [1.165, 1.54) is 27.6 Å². The van der Waals surface area contributed by atoms with Crippen LogP contribution in [0.2, 0.25) is 0 Å². The van der Waals surface area contributed by atoms with Gasteiger partial charge >= 0.3 is 0 Å². The maximum atomic E-state index is 5.04. The van der Waals surface area contributed by atoms with Gasteiger partial charge in [-0.25, -0.2) is 9.98 Å². The first kappa shape index (κ1) is 19.8. The molecule has 3 nitrogen and oxygen atoms in total. The smallest absolute Gasteiger partial charge is 0.171 e. The molecule has 3 aromatic carbocycles. The van der Waals surface area contributed by atoms with Crippen LogP contribution in [0.25, 0.3) is 10.9 Å². The zero-order chi connectivity index (χ0) is 21.2. The van der Waals surface area contributed by atoms with Crippen LogP contribution in [0.5, 0.6) is 0 Å². The third kappa shape index (κ3) is 4.21. The third-order valence-corrected chi connectivity index (χ3v) is 6.77. The van der Waals surface area contributed by atoms with Gasteiger partial charge in [-0.15, -0.1) is 0 Å². The van der Waals surface area contributed by atoms with Gasteiger partial charge in [0.15, 0.2) is 5.17 Å². The van der Waals surface area contributed by atoms with Crippen LogP contribution in [-0.2, 0) is 19.5 Å². The lowest BCUT2D eigenvalue weighted by atomic mass is 10.1. The number of aryl methyl sites for hydroxylation is 2. The highest BCUT2D eigenvalue weighted by molar-refractivity contribution is 8.13. The van der Waals surface area contributed by atoms with Crippen molar-refractivity contribution in [3.63, 3.8) is 0 Å². The van der Waals surface area contributed by atoms with Gasteiger partial charge in [-0.3, -0.25) is 0 Å². The summed E-state index contributed by atoms with van der Waals surface area (Å²) in [6, 6.07) is 27.8. The average molecular weight is 424 g/mol. The molecule has 154 valence electrons. The molecule has 2 heterocycles. The lowest BCUT2D eigenvalue weighted by molar-refractivity contribution is 0.406. The van der Waals surface area contributed by atoms with Crippen molar-refractivity contribution in [3.05, 3.63) is 101 Å². The van der Waals surface area contributed by atoms with E-state index in [1.54, 1.807) is 11.8 Å². The number of aromatic nitrogens is 1. The average Bonchev–Trinajstić information content (AvgIpc) is 2.80. The molecule has 0 fully saturated rings. The molecular formula is C27H25N3S. The normalized spacial score (nSPS) is 14.8. The quantitative estimate of drug-likeness (QED) is 0.357. The van der Waals surface area contributed by atoms with E-state index in [4.69, 9.17) is 9.98 Å². The van der Waals surface area contributed by atoms with Crippen molar-refractivity contribution < 1.29 is 0 Å². The monoisotopic (exact) mass is 423 g/mol. The molecule has 31 heavy (non-hydrogen) atoms.